The zero-order valence-corrected chi connectivity index (χ0v) is 18.0. The molecule has 0 unspecified atom stereocenters. The Hall–Kier alpha value is -2.04. The summed E-state index contributed by atoms with van der Waals surface area (Å²) in [4.78, 5) is 17.6. The van der Waals surface area contributed by atoms with Crippen LogP contribution in [0.2, 0.25) is 0 Å². The number of nitrogen functional groups attached to an aromatic ring is 1. The van der Waals surface area contributed by atoms with Gasteiger partial charge in [-0.1, -0.05) is 0 Å². The SMILES string of the molecule is Nc1c(Br)cc(Nc2ncnc3cnc(NC4CCC(O)CC4)nc23)cc1Br. The van der Waals surface area contributed by atoms with Gasteiger partial charge in [0.05, 0.1) is 18.0 Å². The van der Waals surface area contributed by atoms with Gasteiger partial charge in [-0.3, -0.25) is 0 Å². The summed E-state index contributed by atoms with van der Waals surface area (Å²) in [5.41, 5.74) is 8.67. The lowest BCUT2D eigenvalue weighted by Gasteiger charge is -2.26. The van der Waals surface area contributed by atoms with Crippen molar-refractivity contribution in [2.75, 3.05) is 16.4 Å². The molecule has 0 spiro atoms. The van der Waals surface area contributed by atoms with Crippen molar-refractivity contribution in [2.24, 2.45) is 0 Å². The average molecular weight is 509 g/mol. The second kappa shape index (κ2) is 8.14. The molecule has 1 saturated carbocycles. The van der Waals surface area contributed by atoms with Gasteiger partial charge in [-0.05, 0) is 69.7 Å². The van der Waals surface area contributed by atoms with Crippen LogP contribution in [0.3, 0.4) is 0 Å². The zero-order valence-electron chi connectivity index (χ0n) is 14.9. The van der Waals surface area contributed by atoms with Crippen LogP contribution in [0.5, 0.6) is 0 Å². The minimum atomic E-state index is -0.196. The Morgan fingerprint density at radius 1 is 1.04 bits per heavy atom. The number of nitrogens with one attached hydrogen (secondary N) is 2. The second-order valence-corrected chi connectivity index (χ2v) is 8.49. The third-order valence-electron chi connectivity index (χ3n) is 4.75. The van der Waals surface area contributed by atoms with E-state index in [1.165, 1.54) is 6.33 Å². The van der Waals surface area contributed by atoms with Gasteiger partial charge in [0.2, 0.25) is 5.95 Å². The van der Waals surface area contributed by atoms with Crippen molar-refractivity contribution in [3.8, 4) is 0 Å². The summed E-state index contributed by atoms with van der Waals surface area (Å²) in [6.07, 6.45) is 6.34. The lowest BCUT2D eigenvalue weighted by Crippen LogP contribution is -2.28. The number of anilines is 4. The van der Waals surface area contributed by atoms with Crippen molar-refractivity contribution < 1.29 is 5.11 Å². The molecule has 3 aromatic rings. The van der Waals surface area contributed by atoms with Crippen LogP contribution >= 0.6 is 31.9 Å². The molecule has 1 aromatic carbocycles. The molecule has 8 nitrogen and oxygen atoms in total. The molecule has 0 aliphatic heterocycles. The Kier molecular flexibility index (Phi) is 5.61. The summed E-state index contributed by atoms with van der Waals surface area (Å²) >= 11 is 6.90. The smallest absolute Gasteiger partial charge is 0.223 e. The first-order chi connectivity index (χ1) is 13.5. The number of rotatable bonds is 4. The maximum atomic E-state index is 9.67. The fraction of sp³-hybridized carbons (Fsp3) is 0.333. The van der Waals surface area contributed by atoms with Crippen LogP contribution in [0, 0.1) is 0 Å². The molecule has 2 heterocycles. The van der Waals surface area contributed by atoms with Gasteiger partial charge in [0.25, 0.3) is 0 Å². The van der Waals surface area contributed by atoms with Gasteiger partial charge in [-0.15, -0.1) is 0 Å². The van der Waals surface area contributed by atoms with Crippen molar-refractivity contribution in [2.45, 2.75) is 37.8 Å². The lowest BCUT2D eigenvalue weighted by molar-refractivity contribution is 0.126. The maximum Gasteiger partial charge on any atom is 0.223 e. The van der Waals surface area contributed by atoms with E-state index < -0.39 is 0 Å². The number of aliphatic hydroxyl groups excluding tert-OH is 1. The molecular weight excluding hydrogens is 490 g/mol. The minimum Gasteiger partial charge on any atom is -0.397 e. The summed E-state index contributed by atoms with van der Waals surface area (Å²) in [6.45, 7) is 0. The number of fused-ring (bicyclic) bond motifs is 1. The number of hydrogen-bond donors (Lipinski definition) is 4. The Morgan fingerprint density at radius 3 is 2.46 bits per heavy atom. The predicted octanol–water partition coefficient (Wildman–Crippen LogP) is 3.99. The molecular formula is C18H19Br2N7O. The van der Waals surface area contributed by atoms with Crippen LogP contribution in [0.15, 0.2) is 33.6 Å². The van der Waals surface area contributed by atoms with Crippen LogP contribution in [-0.4, -0.2) is 37.2 Å². The van der Waals surface area contributed by atoms with Gasteiger partial charge in [0.1, 0.15) is 17.4 Å². The summed E-state index contributed by atoms with van der Waals surface area (Å²) in [7, 11) is 0. The van der Waals surface area contributed by atoms with Crippen LogP contribution in [0.25, 0.3) is 11.0 Å². The van der Waals surface area contributed by atoms with E-state index in [1.54, 1.807) is 6.20 Å². The lowest BCUT2D eigenvalue weighted by atomic mass is 9.93. The molecule has 28 heavy (non-hydrogen) atoms. The maximum absolute atomic E-state index is 9.67. The van der Waals surface area contributed by atoms with E-state index >= 15 is 0 Å². The monoisotopic (exact) mass is 507 g/mol. The number of aliphatic hydroxyl groups is 1. The number of hydrogen-bond acceptors (Lipinski definition) is 8. The Bertz CT molecular complexity index is 985. The van der Waals surface area contributed by atoms with Gasteiger partial charge in [-0.25, -0.2) is 19.9 Å². The first-order valence-electron chi connectivity index (χ1n) is 8.93. The average Bonchev–Trinajstić information content (AvgIpc) is 2.68. The predicted molar refractivity (Wildman–Crippen MR) is 117 cm³/mol. The molecule has 1 aliphatic rings. The quantitative estimate of drug-likeness (QED) is 0.390. The van der Waals surface area contributed by atoms with Gasteiger partial charge in [0.15, 0.2) is 5.82 Å². The molecule has 2 aromatic heterocycles. The summed E-state index contributed by atoms with van der Waals surface area (Å²) in [5.74, 6) is 1.12. The highest BCUT2D eigenvalue weighted by Crippen LogP contribution is 2.33. The van der Waals surface area contributed by atoms with E-state index in [1.807, 2.05) is 12.1 Å². The normalized spacial score (nSPS) is 19.5. The number of benzene rings is 1. The Labute approximate surface area is 178 Å². The van der Waals surface area contributed by atoms with E-state index in [-0.39, 0.29) is 12.1 Å². The molecule has 10 heteroatoms. The van der Waals surface area contributed by atoms with Crippen LogP contribution in [0.4, 0.5) is 23.1 Å². The highest BCUT2D eigenvalue weighted by Gasteiger charge is 2.20. The largest absolute Gasteiger partial charge is 0.397 e. The van der Waals surface area contributed by atoms with Gasteiger partial charge in [-0.2, -0.15) is 0 Å². The minimum absolute atomic E-state index is 0.196. The fourth-order valence-corrected chi connectivity index (χ4v) is 4.40. The fourth-order valence-electron chi connectivity index (χ4n) is 3.21. The van der Waals surface area contributed by atoms with Crippen molar-refractivity contribution in [1.29, 1.82) is 0 Å². The van der Waals surface area contributed by atoms with Crippen molar-refractivity contribution in [1.82, 2.24) is 19.9 Å². The van der Waals surface area contributed by atoms with E-state index in [0.29, 0.717) is 28.5 Å². The van der Waals surface area contributed by atoms with Crippen LogP contribution < -0.4 is 16.4 Å². The number of nitrogens with two attached hydrogens (primary N) is 1. The highest BCUT2D eigenvalue weighted by atomic mass is 79.9. The van der Waals surface area contributed by atoms with Gasteiger partial charge < -0.3 is 21.5 Å². The van der Waals surface area contributed by atoms with Crippen LogP contribution in [-0.2, 0) is 0 Å². The van der Waals surface area contributed by atoms with Crippen LogP contribution in [0.1, 0.15) is 25.7 Å². The summed E-state index contributed by atoms with van der Waals surface area (Å²) in [5, 5.41) is 16.3. The summed E-state index contributed by atoms with van der Waals surface area (Å²) in [6, 6.07) is 4.01. The van der Waals surface area contributed by atoms with Crippen molar-refractivity contribution >= 4 is 66.0 Å². The molecule has 0 radical (unpaired) electrons. The molecule has 0 bridgehead atoms. The molecule has 146 valence electrons. The molecule has 4 rings (SSSR count). The molecule has 1 fully saturated rings. The zero-order chi connectivity index (χ0) is 19.7. The molecule has 5 N–H and O–H groups in total. The third kappa shape index (κ3) is 4.18. The van der Waals surface area contributed by atoms with E-state index in [0.717, 1.165) is 40.3 Å². The van der Waals surface area contributed by atoms with E-state index in [4.69, 9.17) is 5.73 Å². The number of nitrogens with zero attached hydrogens (tertiary/aromatic N) is 4. The standard InChI is InChI=1S/C18H19Br2N7O/c19-12-5-10(6-13(20)15(12)21)25-17-16-14(23-8-24-17)7-22-18(27-16)26-9-1-3-11(28)4-2-9/h5-9,11,28H,1-4,21H2,(H,22,26,27)(H,23,24,25). The second-order valence-electron chi connectivity index (χ2n) is 6.78. The number of aromatic nitrogens is 4. The van der Waals surface area contributed by atoms with E-state index in [9.17, 15) is 5.11 Å². The van der Waals surface area contributed by atoms with E-state index in [2.05, 4.69) is 62.4 Å². The topological polar surface area (TPSA) is 122 Å². The Balaban J connectivity index is 1.61. The van der Waals surface area contributed by atoms with Crippen molar-refractivity contribution in [3.05, 3.63) is 33.6 Å². The molecule has 0 amide bonds. The van der Waals surface area contributed by atoms with Crippen molar-refractivity contribution in [3.63, 3.8) is 0 Å². The number of halogens is 2. The molecule has 0 atom stereocenters. The molecule has 1 aliphatic carbocycles. The molecule has 0 saturated heterocycles. The highest BCUT2D eigenvalue weighted by molar-refractivity contribution is 9.11. The first-order valence-corrected chi connectivity index (χ1v) is 10.5. The van der Waals surface area contributed by atoms with Gasteiger partial charge in [0, 0.05) is 20.7 Å². The third-order valence-corrected chi connectivity index (χ3v) is 6.06. The Morgan fingerprint density at radius 2 is 1.75 bits per heavy atom. The summed E-state index contributed by atoms with van der Waals surface area (Å²) < 4.78 is 1.55. The van der Waals surface area contributed by atoms with Gasteiger partial charge >= 0.3 is 0 Å². The first kappa shape index (κ1) is 19.3.